The van der Waals surface area contributed by atoms with Crippen LogP contribution < -0.4 is 11.1 Å². The second kappa shape index (κ2) is 3.34. The van der Waals surface area contributed by atoms with Crippen molar-refractivity contribution < 1.29 is 0 Å². The number of nitrogens with two attached hydrogens (primary N) is 1. The molecule has 0 amide bonds. The molecule has 3 N–H and O–H groups in total. The van der Waals surface area contributed by atoms with Gasteiger partial charge in [-0.3, -0.25) is 4.98 Å². The van der Waals surface area contributed by atoms with Crippen LogP contribution in [0, 0.1) is 0 Å². The standard InChI is InChI=1S/C8H13N3/c1-6(10-2)7-5-11-4-3-8(7)9/h3-6,10H,1-2H3,(H2,9,11). The summed E-state index contributed by atoms with van der Waals surface area (Å²) in [5, 5.41) is 3.10. The second-order valence-corrected chi connectivity index (χ2v) is 2.51. The zero-order valence-corrected chi connectivity index (χ0v) is 6.83. The van der Waals surface area contributed by atoms with E-state index in [1.54, 1.807) is 12.4 Å². The van der Waals surface area contributed by atoms with Crippen molar-refractivity contribution in [3.05, 3.63) is 24.0 Å². The first-order valence-electron chi connectivity index (χ1n) is 3.62. The minimum absolute atomic E-state index is 0.267. The monoisotopic (exact) mass is 151 g/mol. The van der Waals surface area contributed by atoms with Gasteiger partial charge in [-0.15, -0.1) is 0 Å². The Balaban J connectivity index is 2.93. The van der Waals surface area contributed by atoms with Gasteiger partial charge >= 0.3 is 0 Å². The second-order valence-electron chi connectivity index (χ2n) is 2.51. The number of pyridine rings is 1. The average Bonchev–Trinajstić information content (AvgIpc) is 2.04. The van der Waals surface area contributed by atoms with Crippen LogP contribution in [0.3, 0.4) is 0 Å². The molecular weight excluding hydrogens is 138 g/mol. The number of rotatable bonds is 2. The van der Waals surface area contributed by atoms with Crippen molar-refractivity contribution >= 4 is 5.69 Å². The topological polar surface area (TPSA) is 50.9 Å². The molecule has 1 rings (SSSR count). The van der Waals surface area contributed by atoms with Gasteiger partial charge in [0.25, 0.3) is 0 Å². The summed E-state index contributed by atoms with van der Waals surface area (Å²) in [4.78, 5) is 3.99. The third kappa shape index (κ3) is 1.68. The van der Waals surface area contributed by atoms with Crippen molar-refractivity contribution in [2.24, 2.45) is 0 Å². The summed E-state index contributed by atoms with van der Waals surface area (Å²) < 4.78 is 0. The molecular formula is C8H13N3. The fraction of sp³-hybridized carbons (Fsp3) is 0.375. The van der Waals surface area contributed by atoms with E-state index in [0.29, 0.717) is 0 Å². The molecule has 0 spiro atoms. The molecule has 0 aliphatic rings. The largest absolute Gasteiger partial charge is 0.398 e. The number of nitrogen functional groups attached to an aromatic ring is 1. The van der Waals surface area contributed by atoms with Crippen molar-refractivity contribution in [2.45, 2.75) is 13.0 Å². The Morgan fingerprint density at radius 3 is 2.91 bits per heavy atom. The van der Waals surface area contributed by atoms with Crippen LogP contribution in [0.4, 0.5) is 5.69 Å². The fourth-order valence-corrected chi connectivity index (χ4v) is 0.935. The Morgan fingerprint density at radius 1 is 1.64 bits per heavy atom. The SMILES string of the molecule is CNC(C)c1cnccc1N. The smallest absolute Gasteiger partial charge is 0.0393 e. The summed E-state index contributed by atoms with van der Waals surface area (Å²) in [7, 11) is 1.90. The van der Waals surface area contributed by atoms with Crippen molar-refractivity contribution in [3.8, 4) is 0 Å². The molecule has 1 heterocycles. The van der Waals surface area contributed by atoms with Crippen molar-refractivity contribution in [1.82, 2.24) is 10.3 Å². The summed E-state index contributed by atoms with van der Waals surface area (Å²) in [5.74, 6) is 0. The average molecular weight is 151 g/mol. The number of nitrogens with zero attached hydrogens (tertiary/aromatic N) is 1. The van der Waals surface area contributed by atoms with Crippen LogP contribution in [-0.2, 0) is 0 Å². The van der Waals surface area contributed by atoms with Gasteiger partial charge in [0.2, 0.25) is 0 Å². The zero-order valence-electron chi connectivity index (χ0n) is 6.83. The van der Waals surface area contributed by atoms with Gasteiger partial charge in [0.05, 0.1) is 0 Å². The molecule has 0 saturated carbocycles. The number of anilines is 1. The van der Waals surface area contributed by atoms with Crippen LogP contribution in [0.5, 0.6) is 0 Å². The van der Waals surface area contributed by atoms with Crippen LogP contribution in [-0.4, -0.2) is 12.0 Å². The minimum Gasteiger partial charge on any atom is -0.398 e. The lowest BCUT2D eigenvalue weighted by Gasteiger charge is -2.11. The van der Waals surface area contributed by atoms with Gasteiger partial charge in [-0.25, -0.2) is 0 Å². The first-order chi connectivity index (χ1) is 5.25. The quantitative estimate of drug-likeness (QED) is 0.661. The molecule has 3 nitrogen and oxygen atoms in total. The predicted molar refractivity (Wildman–Crippen MR) is 46.1 cm³/mol. The molecule has 0 fully saturated rings. The zero-order chi connectivity index (χ0) is 8.27. The first kappa shape index (κ1) is 8.01. The van der Waals surface area contributed by atoms with Crippen LogP contribution >= 0.6 is 0 Å². The van der Waals surface area contributed by atoms with Gasteiger partial charge in [-0.05, 0) is 20.0 Å². The molecule has 1 unspecified atom stereocenters. The van der Waals surface area contributed by atoms with Crippen LogP contribution in [0.15, 0.2) is 18.5 Å². The molecule has 1 aromatic rings. The maximum Gasteiger partial charge on any atom is 0.0393 e. The van der Waals surface area contributed by atoms with E-state index < -0.39 is 0 Å². The molecule has 0 radical (unpaired) electrons. The van der Waals surface area contributed by atoms with E-state index in [1.165, 1.54) is 0 Å². The molecule has 0 aromatic carbocycles. The maximum absolute atomic E-state index is 5.72. The molecule has 3 heteroatoms. The van der Waals surface area contributed by atoms with Gasteiger partial charge in [-0.1, -0.05) is 0 Å². The Hall–Kier alpha value is -1.09. The van der Waals surface area contributed by atoms with E-state index in [4.69, 9.17) is 5.73 Å². The summed E-state index contributed by atoms with van der Waals surface area (Å²) in [6.07, 6.45) is 3.48. The summed E-state index contributed by atoms with van der Waals surface area (Å²) in [6.45, 7) is 2.05. The molecule has 1 atom stereocenters. The minimum atomic E-state index is 0.267. The lowest BCUT2D eigenvalue weighted by atomic mass is 10.1. The summed E-state index contributed by atoms with van der Waals surface area (Å²) >= 11 is 0. The van der Waals surface area contributed by atoms with Gasteiger partial charge in [-0.2, -0.15) is 0 Å². The molecule has 1 aromatic heterocycles. The molecule has 60 valence electrons. The number of hydrogen-bond acceptors (Lipinski definition) is 3. The Kier molecular flexibility index (Phi) is 2.44. The van der Waals surface area contributed by atoms with Gasteiger partial charge in [0, 0.05) is 29.7 Å². The molecule has 0 aliphatic heterocycles. The highest BCUT2D eigenvalue weighted by molar-refractivity contribution is 5.45. The Bertz CT molecular complexity index is 235. The Morgan fingerprint density at radius 2 is 2.36 bits per heavy atom. The molecule has 0 bridgehead atoms. The third-order valence-electron chi connectivity index (χ3n) is 1.79. The van der Waals surface area contributed by atoms with E-state index in [-0.39, 0.29) is 6.04 Å². The summed E-state index contributed by atoms with van der Waals surface area (Å²) in [6, 6.07) is 2.08. The van der Waals surface area contributed by atoms with Crippen molar-refractivity contribution in [3.63, 3.8) is 0 Å². The number of nitrogens with one attached hydrogen (secondary N) is 1. The number of aromatic nitrogens is 1. The third-order valence-corrected chi connectivity index (χ3v) is 1.79. The normalized spacial score (nSPS) is 12.9. The Labute approximate surface area is 66.6 Å². The van der Waals surface area contributed by atoms with Crippen LogP contribution in [0.25, 0.3) is 0 Å². The summed E-state index contributed by atoms with van der Waals surface area (Å²) in [5.41, 5.74) is 7.56. The number of hydrogen-bond donors (Lipinski definition) is 2. The van der Waals surface area contributed by atoms with E-state index in [1.807, 2.05) is 20.0 Å². The lowest BCUT2D eigenvalue weighted by Crippen LogP contribution is -2.14. The predicted octanol–water partition coefficient (Wildman–Crippen LogP) is 0.944. The molecule has 0 aliphatic carbocycles. The first-order valence-corrected chi connectivity index (χ1v) is 3.62. The van der Waals surface area contributed by atoms with E-state index >= 15 is 0 Å². The van der Waals surface area contributed by atoms with E-state index in [9.17, 15) is 0 Å². The highest BCUT2D eigenvalue weighted by atomic mass is 14.9. The highest BCUT2D eigenvalue weighted by Crippen LogP contribution is 2.16. The van der Waals surface area contributed by atoms with Gasteiger partial charge in [0.15, 0.2) is 0 Å². The van der Waals surface area contributed by atoms with Crippen LogP contribution in [0.1, 0.15) is 18.5 Å². The van der Waals surface area contributed by atoms with Crippen molar-refractivity contribution in [1.29, 1.82) is 0 Å². The fourth-order valence-electron chi connectivity index (χ4n) is 0.935. The van der Waals surface area contributed by atoms with Gasteiger partial charge < -0.3 is 11.1 Å². The molecule has 0 saturated heterocycles. The van der Waals surface area contributed by atoms with Crippen molar-refractivity contribution in [2.75, 3.05) is 12.8 Å². The maximum atomic E-state index is 5.72. The van der Waals surface area contributed by atoms with Gasteiger partial charge in [0.1, 0.15) is 0 Å². The van der Waals surface area contributed by atoms with Crippen LogP contribution in [0.2, 0.25) is 0 Å². The van der Waals surface area contributed by atoms with E-state index in [0.717, 1.165) is 11.3 Å². The molecule has 11 heavy (non-hydrogen) atoms. The van der Waals surface area contributed by atoms with E-state index in [2.05, 4.69) is 10.3 Å². The lowest BCUT2D eigenvalue weighted by molar-refractivity contribution is 0.651. The highest BCUT2D eigenvalue weighted by Gasteiger charge is 2.04.